The fraction of sp³-hybridized carbons (Fsp3) is 0.545. The number of rotatable bonds is 3. The fourth-order valence-electron chi connectivity index (χ4n) is 2.04. The summed E-state index contributed by atoms with van der Waals surface area (Å²) in [6, 6.07) is 0. The molecule has 2 aromatic heterocycles. The maximum atomic E-state index is 5.76. The van der Waals surface area contributed by atoms with Crippen LogP contribution in [-0.4, -0.2) is 38.2 Å². The molecule has 0 atom stereocenters. The second-order valence-electron chi connectivity index (χ2n) is 4.51. The Labute approximate surface area is 120 Å². The van der Waals surface area contributed by atoms with E-state index in [9.17, 15) is 0 Å². The highest BCUT2D eigenvalue weighted by molar-refractivity contribution is 7.98. The molecule has 1 aliphatic heterocycles. The van der Waals surface area contributed by atoms with E-state index in [-0.39, 0.29) is 5.95 Å². The number of nitrogens with zero attached hydrogens (tertiary/aromatic N) is 6. The Balaban J connectivity index is 1.82. The normalized spacial score (nSPS) is 15.6. The van der Waals surface area contributed by atoms with Crippen LogP contribution >= 0.6 is 11.8 Å². The zero-order chi connectivity index (χ0) is 13.9. The number of hydrogen-bond donors (Lipinski definition) is 1. The lowest BCUT2D eigenvalue weighted by atomic mass is 10.1. The number of aryl methyl sites for hydroxylation is 1. The van der Waals surface area contributed by atoms with Gasteiger partial charge in [0.1, 0.15) is 0 Å². The molecule has 3 heterocycles. The second kappa shape index (κ2) is 5.61. The van der Waals surface area contributed by atoms with Crippen LogP contribution in [0.2, 0.25) is 0 Å². The Morgan fingerprint density at radius 3 is 2.60 bits per heavy atom. The molecule has 0 amide bonds. The average molecular weight is 293 g/mol. The molecule has 20 heavy (non-hydrogen) atoms. The van der Waals surface area contributed by atoms with Gasteiger partial charge in [0.05, 0.1) is 0 Å². The molecular formula is C11H15N7OS. The van der Waals surface area contributed by atoms with E-state index >= 15 is 0 Å². The lowest BCUT2D eigenvalue weighted by Gasteiger charge is -2.26. The van der Waals surface area contributed by atoms with Crippen molar-refractivity contribution >= 4 is 23.7 Å². The van der Waals surface area contributed by atoms with Crippen LogP contribution in [-0.2, 0) is 0 Å². The van der Waals surface area contributed by atoms with E-state index in [1.165, 1.54) is 18.2 Å². The van der Waals surface area contributed by atoms with Crippen LogP contribution in [0.15, 0.2) is 14.8 Å². The van der Waals surface area contributed by atoms with Gasteiger partial charge in [-0.25, -0.2) is 0 Å². The molecule has 9 heteroatoms. The Bertz CT molecular complexity index is 596. The third kappa shape index (κ3) is 2.98. The first kappa shape index (κ1) is 13.1. The number of nitrogen functional groups attached to an aromatic ring is 1. The van der Waals surface area contributed by atoms with E-state index in [0.717, 1.165) is 25.9 Å². The Hall–Kier alpha value is -1.90. The first-order valence-corrected chi connectivity index (χ1v) is 7.27. The van der Waals surface area contributed by atoms with Gasteiger partial charge in [-0.15, -0.1) is 10.2 Å². The predicted molar refractivity (Wildman–Crippen MR) is 73.5 cm³/mol. The number of nitrogens with two attached hydrogens (primary N) is 1. The van der Waals surface area contributed by atoms with Crippen molar-refractivity contribution in [3.63, 3.8) is 0 Å². The van der Waals surface area contributed by atoms with E-state index in [1.54, 1.807) is 6.92 Å². The first-order chi connectivity index (χ1) is 9.70. The Morgan fingerprint density at radius 2 is 1.90 bits per heavy atom. The Kier molecular flexibility index (Phi) is 3.68. The van der Waals surface area contributed by atoms with Crippen molar-refractivity contribution in [2.24, 2.45) is 0 Å². The Morgan fingerprint density at radius 1 is 1.10 bits per heavy atom. The van der Waals surface area contributed by atoms with Crippen LogP contribution in [0.25, 0.3) is 0 Å². The van der Waals surface area contributed by atoms with E-state index < -0.39 is 0 Å². The lowest BCUT2D eigenvalue weighted by Crippen LogP contribution is -2.31. The average Bonchev–Trinajstić information content (AvgIpc) is 2.84. The molecule has 0 aromatic carbocycles. The van der Waals surface area contributed by atoms with E-state index in [4.69, 9.17) is 10.2 Å². The number of anilines is 2. The van der Waals surface area contributed by atoms with Gasteiger partial charge in [0.15, 0.2) is 0 Å². The van der Waals surface area contributed by atoms with Crippen molar-refractivity contribution in [2.45, 2.75) is 36.6 Å². The van der Waals surface area contributed by atoms with Crippen molar-refractivity contribution in [2.75, 3.05) is 23.7 Å². The van der Waals surface area contributed by atoms with Gasteiger partial charge in [-0.3, -0.25) is 0 Å². The number of piperidine rings is 1. The molecule has 0 saturated carbocycles. The maximum absolute atomic E-state index is 5.76. The van der Waals surface area contributed by atoms with Gasteiger partial charge in [-0.05, 0) is 19.3 Å². The monoisotopic (exact) mass is 293 g/mol. The molecule has 8 nitrogen and oxygen atoms in total. The summed E-state index contributed by atoms with van der Waals surface area (Å²) in [6.45, 7) is 3.64. The standard InChI is InChI=1S/C11H15N7OS/c1-7-16-17-11(19-7)20-10-14-8(12)13-9(15-10)18-5-3-2-4-6-18/h2-6H2,1H3,(H2,12,13,14,15). The molecule has 106 valence electrons. The quantitative estimate of drug-likeness (QED) is 0.895. The largest absolute Gasteiger partial charge is 0.416 e. The van der Waals surface area contributed by atoms with Crippen LogP contribution in [0.1, 0.15) is 25.2 Å². The first-order valence-electron chi connectivity index (χ1n) is 6.45. The topological polar surface area (TPSA) is 107 Å². The van der Waals surface area contributed by atoms with Crippen LogP contribution in [0, 0.1) is 6.92 Å². The summed E-state index contributed by atoms with van der Waals surface area (Å²) >= 11 is 1.19. The zero-order valence-corrected chi connectivity index (χ0v) is 11.9. The van der Waals surface area contributed by atoms with Crippen LogP contribution in [0.5, 0.6) is 0 Å². The third-order valence-corrected chi connectivity index (χ3v) is 3.65. The lowest BCUT2D eigenvalue weighted by molar-refractivity contribution is 0.429. The van der Waals surface area contributed by atoms with Gasteiger partial charge in [0.2, 0.25) is 22.9 Å². The summed E-state index contributed by atoms with van der Waals surface area (Å²) < 4.78 is 5.30. The van der Waals surface area contributed by atoms with Crippen LogP contribution in [0.3, 0.4) is 0 Å². The highest BCUT2D eigenvalue weighted by atomic mass is 32.2. The molecule has 0 unspecified atom stereocenters. The van der Waals surface area contributed by atoms with E-state index in [0.29, 0.717) is 22.2 Å². The highest BCUT2D eigenvalue weighted by Crippen LogP contribution is 2.25. The smallest absolute Gasteiger partial charge is 0.284 e. The minimum absolute atomic E-state index is 0.208. The van der Waals surface area contributed by atoms with E-state index in [2.05, 4.69) is 30.0 Å². The predicted octanol–water partition coefficient (Wildman–Crippen LogP) is 1.29. The summed E-state index contributed by atoms with van der Waals surface area (Å²) in [7, 11) is 0. The summed E-state index contributed by atoms with van der Waals surface area (Å²) in [4.78, 5) is 14.9. The summed E-state index contributed by atoms with van der Waals surface area (Å²) in [6.07, 6.45) is 3.55. The molecule has 1 fully saturated rings. The molecule has 1 saturated heterocycles. The number of aromatic nitrogens is 5. The van der Waals surface area contributed by atoms with E-state index in [1.807, 2.05) is 0 Å². The number of hydrogen-bond acceptors (Lipinski definition) is 9. The molecule has 0 spiro atoms. The van der Waals surface area contributed by atoms with Crippen molar-refractivity contribution in [1.29, 1.82) is 0 Å². The summed E-state index contributed by atoms with van der Waals surface area (Å²) in [5.41, 5.74) is 5.76. The molecule has 0 bridgehead atoms. The molecule has 1 aliphatic rings. The molecule has 0 aliphatic carbocycles. The van der Waals surface area contributed by atoms with Gasteiger partial charge in [-0.2, -0.15) is 15.0 Å². The second-order valence-corrected chi connectivity index (χ2v) is 5.43. The van der Waals surface area contributed by atoms with Crippen molar-refractivity contribution in [1.82, 2.24) is 25.1 Å². The van der Waals surface area contributed by atoms with Crippen molar-refractivity contribution in [3.05, 3.63) is 5.89 Å². The van der Waals surface area contributed by atoms with Crippen molar-refractivity contribution in [3.8, 4) is 0 Å². The van der Waals surface area contributed by atoms with Crippen LogP contribution in [0.4, 0.5) is 11.9 Å². The molecule has 3 rings (SSSR count). The molecule has 2 N–H and O–H groups in total. The van der Waals surface area contributed by atoms with Crippen molar-refractivity contribution < 1.29 is 4.42 Å². The maximum Gasteiger partial charge on any atom is 0.284 e. The summed E-state index contributed by atoms with van der Waals surface area (Å²) in [5, 5.41) is 8.55. The SMILES string of the molecule is Cc1nnc(Sc2nc(N)nc(N3CCCCC3)n2)o1. The molecule has 2 aromatic rings. The minimum atomic E-state index is 0.208. The third-order valence-electron chi connectivity index (χ3n) is 2.95. The molecule has 0 radical (unpaired) electrons. The highest BCUT2D eigenvalue weighted by Gasteiger charge is 2.17. The zero-order valence-electron chi connectivity index (χ0n) is 11.1. The minimum Gasteiger partial charge on any atom is -0.416 e. The fourth-order valence-corrected chi connectivity index (χ4v) is 2.71. The van der Waals surface area contributed by atoms with Gasteiger partial charge < -0.3 is 15.1 Å². The van der Waals surface area contributed by atoms with Gasteiger partial charge in [-0.1, -0.05) is 0 Å². The van der Waals surface area contributed by atoms with Gasteiger partial charge >= 0.3 is 0 Å². The van der Waals surface area contributed by atoms with Gasteiger partial charge in [0.25, 0.3) is 5.22 Å². The van der Waals surface area contributed by atoms with Crippen LogP contribution < -0.4 is 10.6 Å². The van der Waals surface area contributed by atoms with Gasteiger partial charge in [0, 0.05) is 31.8 Å². The molecular weight excluding hydrogens is 278 g/mol. The summed E-state index contributed by atoms with van der Waals surface area (Å²) in [5.74, 6) is 1.33.